The van der Waals surface area contributed by atoms with Gasteiger partial charge in [0.05, 0.1) is 43.0 Å². The number of rotatable bonds is 5. The molecule has 0 fully saturated rings. The molecule has 5 rings (SSSR count). The predicted octanol–water partition coefficient (Wildman–Crippen LogP) is 4.53. The Kier molecular flexibility index (Phi) is 6.56. The molecular weight excluding hydrogens is 503 g/mol. The lowest BCUT2D eigenvalue weighted by atomic mass is 9.81. The highest BCUT2D eigenvalue weighted by Gasteiger charge is 2.43. The van der Waals surface area contributed by atoms with Crippen molar-refractivity contribution in [3.05, 3.63) is 107 Å². The monoisotopic (exact) mass is 524 g/mol. The molecule has 2 N–H and O–H groups in total. The summed E-state index contributed by atoms with van der Waals surface area (Å²) >= 11 is 0. The van der Waals surface area contributed by atoms with Gasteiger partial charge < -0.3 is 19.6 Å². The summed E-state index contributed by atoms with van der Waals surface area (Å²) in [5.74, 6) is -3.01. The van der Waals surface area contributed by atoms with E-state index in [1.807, 2.05) is 0 Å². The fourth-order valence-corrected chi connectivity index (χ4v) is 4.58. The van der Waals surface area contributed by atoms with Crippen LogP contribution in [0.4, 0.5) is 10.1 Å². The van der Waals surface area contributed by atoms with E-state index in [1.54, 1.807) is 60.7 Å². The van der Waals surface area contributed by atoms with Crippen LogP contribution in [0.3, 0.4) is 0 Å². The number of esters is 2. The van der Waals surface area contributed by atoms with Gasteiger partial charge in [0.15, 0.2) is 5.58 Å². The van der Waals surface area contributed by atoms with Crippen LogP contribution in [-0.2, 0) is 19.1 Å². The van der Waals surface area contributed by atoms with Crippen molar-refractivity contribution in [2.24, 2.45) is 5.73 Å². The van der Waals surface area contributed by atoms with Crippen LogP contribution in [0.25, 0.3) is 22.6 Å². The minimum Gasteiger partial charge on any atom is -0.466 e. The van der Waals surface area contributed by atoms with Gasteiger partial charge in [-0.15, -0.1) is 0 Å². The van der Waals surface area contributed by atoms with Gasteiger partial charge in [0, 0.05) is 5.56 Å². The van der Waals surface area contributed by atoms with Gasteiger partial charge >= 0.3 is 11.9 Å². The third-order valence-corrected chi connectivity index (χ3v) is 6.31. The van der Waals surface area contributed by atoms with Gasteiger partial charge in [-0.2, -0.15) is 5.26 Å². The Morgan fingerprint density at radius 3 is 2.44 bits per heavy atom. The van der Waals surface area contributed by atoms with Crippen molar-refractivity contribution in [1.82, 2.24) is 4.98 Å². The number of benzene rings is 3. The zero-order valence-electron chi connectivity index (χ0n) is 20.8. The molecule has 0 radical (unpaired) electrons. The summed E-state index contributed by atoms with van der Waals surface area (Å²) < 4.78 is 29.7. The van der Waals surface area contributed by atoms with Crippen molar-refractivity contribution in [3.63, 3.8) is 0 Å². The molecule has 2 heterocycles. The molecule has 194 valence electrons. The summed E-state index contributed by atoms with van der Waals surface area (Å²) in [4.78, 5) is 32.1. The molecule has 0 spiro atoms. The number of hydrogen-bond donors (Lipinski definition) is 1. The van der Waals surface area contributed by atoms with Gasteiger partial charge in [0.1, 0.15) is 22.9 Å². The standard InChI is InChI=1S/C29H21FN4O5/c1-37-28(35)24-23(16-7-4-3-5-8-16)20(15-31)26(32)34(25(24)29(36)38-2)19-11-12-22-21(14-19)33-27(39-22)17-9-6-10-18(30)13-17/h3-14,23H,32H2,1-2H3. The van der Waals surface area contributed by atoms with Gasteiger partial charge in [-0.3, -0.25) is 4.90 Å². The van der Waals surface area contributed by atoms with E-state index in [0.29, 0.717) is 27.9 Å². The topological polar surface area (TPSA) is 132 Å². The molecule has 0 aliphatic carbocycles. The second kappa shape index (κ2) is 10.1. The normalized spacial score (nSPS) is 15.3. The quantitative estimate of drug-likeness (QED) is 0.374. The Balaban J connectivity index is 1.74. The number of anilines is 1. The number of methoxy groups -OCH3 is 2. The maximum absolute atomic E-state index is 13.8. The number of oxazole rings is 1. The van der Waals surface area contributed by atoms with Gasteiger partial charge in [-0.1, -0.05) is 36.4 Å². The second-order valence-corrected chi connectivity index (χ2v) is 8.52. The predicted molar refractivity (Wildman–Crippen MR) is 139 cm³/mol. The molecule has 1 atom stereocenters. The number of hydrogen-bond acceptors (Lipinski definition) is 9. The number of carbonyl (C=O) groups excluding carboxylic acids is 2. The first-order chi connectivity index (χ1) is 18.9. The maximum atomic E-state index is 13.8. The Labute approximate surface area is 222 Å². The van der Waals surface area contributed by atoms with Crippen LogP contribution in [0.15, 0.2) is 99.9 Å². The van der Waals surface area contributed by atoms with Crippen LogP contribution >= 0.6 is 0 Å². The number of nitrogens with two attached hydrogens (primary N) is 1. The van der Waals surface area contributed by atoms with Crippen molar-refractivity contribution in [2.45, 2.75) is 5.92 Å². The number of nitriles is 1. The van der Waals surface area contributed by atoms with E-state index in [1.165, 1.54) is 31.3 Å². The lowest BCUT2D eigenvalue weighted by Crippen LogP contribution is -2.40. The summed E-state index contributed by atoms with van der Waals surface area (Å²) in [5.41, 5.74) is 8.32. The van der Waals surface area contributed by atoms with Crippen LogP contribution in [0, 0.1) is 17.1 Å². The molecule has 1 aliphatic heterocycles. The highest BCUT2D eigenvalue weighted by atomic mass is 19.1. The van der Waals surface area contributed by atoms with E-state index < -0.39 is 23.7 Å². The maximum Gasteiger partial charge on any atom is 0.355 e. The van der Waals surface area contributed by atoms with Crippen LogP contribution in [0.5, 0.6) is 0 Å². The average molecular weight is 525 g/mol. The molecule has 4 aromatic rings. The molecule has 0 amide bonds. The Hall–Kier alpha value is -5.43. The summed E-state index contributed by atoms with van der Waals surface area (Å²) in [6.07, 6.45) is 0. The summed E-state index contributed by atoms with van der Waals surface area (Å²) in [6.45, 7) is 0. The summed E-state index contributed by atoms with van der Waals surface area (Å²) in [6, 6.07) is 21.4. The van der Waals surface area contributed by atoms with E-state index in [4.69, 9.17) is 19.6 Å². The van der Waals surface area contributed by atoms with E-state index in [9.17, 15) is 19.2 Å². The average Bonchev–Trinajstić information content (AvgIpc) is 3.39. The first kappa shape index (κ1) is 25.2. The highest BCUT2D eigenvalue weighted by Crippen LogP contribution is 2.43. The number of halogens is 1. The number of carbonyl (C=O) groups is 2. The smallest absolute Gasteiger partial charge is 0.355 e. The molecule has 3 aromatic carbocycles. The number of fused-ring (bicyclic) bond motifs is 1. The molecule has 0 saturated heterocycles. The molecule has 1 unspecified atom stereocenters. The summed E-state index contributed by atoms with van der Waals surface area (Å²) in [7, 11) is 2.35. The lowest BCUT2D eigenvalue weighted by molar-refractivity contribution is -0.139. The minimum atomic E-state index is -0.982. The number of allylic oxidation sites excluding steroid dienone is 1. The molecule has 0 saturated carbocycles. The Bertz CT molecular complexity index is 1720. The highest BCUT2D eigenvalue weighted by molar-refractivity contribution is 6.06. The van der Waals surface area contributed by atoms with E-state index in [-0.39, 0.29) is 28.6 Å². The Morgan fingerprint density at radius 1 is 1.03 bits per heavy atom. The van der Waals surface area contributed by atoms with Gasteiger partial charge in [-0.05, 0) is 42.0 Å². The van der Waals surface area contributed by atoms with Crippen LogP contribution in [-0.4, -0.2) is 31.1 Å². The molecule has 9 nitrogen and oxygen atoms in total. The van der Waals surface area contributed by atoms with Gasteiger partial charge in [0.25, 0.3) is 0 Å². The fraction of sp³-hybridized carbons (Fsp3) is 0.103. The number of aromatic nitrogens is 1. The minimum absolute atomic E-state index is 0.0370. The first-order valence-electron chi connectivity index (χ1n) is 11.7. The molecule has 1 aromatic heterocycles. The van der Waals surface area contributed by atoms with Crippen molar-refractivity contribution in [3.8, 4) is 17.5 Å². The van der Waals surface area contributed by atoms with E-state index >= 15 is 0 Å². The van der Waals surface area contributed by atoms with Crippen molar-refractivity contribution >= 4 is 28.7 Å². The SMILES string of the molecule is COC(=O)C1=C(C(=O)OC)N(c2ccc3oc(-c4cccc(F)c4)nc3c2)C(N)=C(C#N)C1c1ccccc1. The third-order valence-electron chi connectivity index (χ3n) is 6.31. The van der Waals surface area contributed by atoms with Gasteiger partial charge in [0.2, 0.25) is 5.89 Å². The van der Waals surface area contributed by atoms with Crippen LogP contribution in [0.1, 0.15) is 11.5 Å². The summed E-state index contributed by atoms with van der Waals surface area (Å²) in [5, 5.41) is 10.2. The van der Waals surface area contributed by atoms with Crippen molar-refractivity contribution < 1.29 is 27.9 Å². The first-order valence-corrected chi connectivity index (χ1v) is 11.7. The molecule has 0 bridgehead atoms. The van der Waals surface area contributed by atoms with Crippen molar-refractivity contribution in [1.29, 1.82) is 5.26 Å². The molecular formula is C29H21FN4O5. The zero-order chi connectivity index (χ0) is 27.7. The van der Waals surface area contributed by atoms with Crippen LogP contribution < -0.4 is 10.6 Å². The van der Waals surface area contributed by atoms with Crippen LogP contribution in [0.2, 0.25) is 0 Å². The molecule has 39 heavy (non-hydrogen) atoms. The molecule has 10 heteroatoms. The molecule has 1 aliphatic rings. The lowest BCUT2D eigenvalue weighted by Gasteiger charge is -2.35. The largest absolute Gasteiger partial charge is 0.466 e. The number of nitrogens with zero attached hydrogens (tertiary/aromatic N) is 3. The van der Waals surface area contributed by atoms with Crippen molar-refractivity contribution in [2.75, 3.05) is 19.1 Å². The second-order valence-electron chi connectivity index (χ2n) is 8.52. The van der Waals surface area contributed by atoms with E-state index in [2.05, 4.69) is 11.1 Å². The van der Waals surface area contributed by atoms with E-state index in [0.717, 1.165) is 0 Å². The number of ether oxygens (including phenoxy) is 2. The third kappa shape index (κ3) is 4.36. The zero-order valence-corrected chi connectivity index (χ0v) is 20.8. The fourth-order valence-electron chi connectivity index (χ4n) is 4.58. The Morgan fingerprint density at radius 2 is 1.77 bits per heavy atom. The van der Waals surface area contributed by atoms with Gasteiger partial charge in [-0.25, -0.2) is 19.0 Å².